The van der Waals surface area contributed by atoms with Crippen molar-refractivity contribution in [2.24, 2.45) is 0 Å². The van der Waals surface area contributed by atoms with E-state index in [1.165, 1.54) is 25.7 Å². The molecule has 0 saturated heterocycles. The smallest absolute Gasteiger partial charge is 0.163 e. The molecule has 0 bridgehead atoms. The highest BCUT2D eigenvalue weighted by Gasteiger charge is 2.20. The summed E-state index contributed by atoms with van der Waals surface area (Å²) in [5.74, 6) is 2.09. The maximum Gasteiger partial charge on any atom is 0.163 e. The van der Waals surface area contributed by atoms with Crippen LogP contribution in [0.15, 0.2) is 28.7 Å². The molecule has 1 aliphatic rings. The summed E-state index contributed by atoms with van der Waals surface area (Å²) in [5.41, 5.74) is 2.00. The first-order valence-electron chi connectivity index (χ1n) is 7.19. The lowest BCUT2D eigenvalue weighted by molar-refractivity contribution is 0.696. The van der Waals surface area contributed by atoms with Crippen LogP contribution in [0.3, 0.4) is 0 Å². The van der Waals surface area contributed by atoms with Crippen molar-refractivity contribution in [2.45, 2.75) is 31.6 Å². The van der Waals surface area contributed by atoms with Crippen LogP contribution >= 0.6 is 27.5 Å². The number of nitrogens with zero attached hydrogens (tertiary/aromatic N) is 2. The van der Waals surface area contributed by atoms with Crippen molar-refractivity contribution < 1.29 is 0 Å². The quantitative estimate of drug-likeness (QED) is 0.805. The van der Waals surface area contributed by atoms with Gasteiger partial charge in [0.25, 0.3) is 0 Å². The van der Waals surface area contributed by atoms with Crippen LogP contribution in [-0.2, 0) is 0 Å². The molecule has 1 aliphatic carbocycles. The zero-order chi connectivity index (χ0) is 14.8. The summed E-state index contributed by atoms with van der Waals surface area (Å²) in [5, 5.41) is 3.79. The first-order valence-corrected chi connectivity index (χ1v) is 8.36. The summed E-state index contributed by atoms with van der Waals surface area (Å²) < 4.78 is 0.956. The Bertz CT molecular complexity index is 654. The molecule has 5 heteroatoms. The van der Waals surface area contributed by atoms with E-state index in [1.54, 1.807) is 0 Å². The Morgan fingerprint density at radius 2 is 1.95 bits per heavy atom. The largest absolute Gasteiger partial charge is 0.373 e. The van der Waals surface area contributed by atoms with Crippen molar-refractivity contribution in [3.63, 3.8) is 0 Å². The molecule has 0 atom stereocenters. The maximum absolute atomic E-state index is 6.34. The van der Waals surface area contributed by atoms with Gasteiger partial charge >= 0.3 is 0 Å². The van der Waals surface area contributed by atoms with Gasteiger partial charge in [0.2, 0.25) is 0 Å². The van der Waals surface area contributed by atoms with Crippen molar-refractivity contribution in [2.75, 3.05) is 12.4 Å². The molecule has 1 heterocycles. The summed E-state index contributed by atoms with van der Waals surface area (Å²) in [4.78, 5) is 9.34. The number of anilines is 1. The molecule has 110 valence electrons. The van der Waals surface area contributed by atoms with Crippen LogP contribution in [0.25, 0.3) is 11.4 Å². The molecule has 1 fully saturated rings. The van der Waals surface area contributed by atoms with Crippen LogP contribution in [0, 0.1) is 0 Å². The fourth-order valence-corrected chi connectivity index (χ4v) is 3.57. The summed E-state index contributed by atoms with van der Waals surface area (Å²) in [7, 11) is 1.88. The van der Waals surface area contributed by atoms with Crippen molar-refractivity contribution >= 4 is 33.3 Å². The van der Waals surface area contributed by atoms with E-state index >= 15 is 0 Å². The summed E-state index contributed by atoms with van der Waals surface area (Å²) in [6, 6.07) is 7.86. The Morgan fingerprint density at radius 3 is 2.62 bits per heavy atom. The van der Waals surface area contributed by atoms with Crippen LogP contribution in [-0.4, -0.2) is 17.0 Å². The topological polar surface area (TPSA) is 37.8 Å². The van der Waals surface area contributed by atoms with E-state index in [1.807, 2.05) is 25.2 Å². The number of halogens is 2. The van der Waals surface area contributed by atoms with Gasteiger partial charge in [-0.15, -0.1) is 0 Å². The molecule has 1 aromatic heterocycles. The van der Waals surface area contributed by atoms with E-state index in [0.29, 0.717) is 16.8 Å². The van der Waals surface area contributed by atoms with Gasteiger partial charge in [0.15, 0.2) is 5.82 Å². The molecular weight excluding hydrogens is 350 g/mol. The van der Waals surface area contributed by atoms with Crippen molar-refractivity contribution in [1.82, 2.24) is 9.97 Å². The number of hydrogen-bond donors (Lipinski definition) is 1. The van der Waals surface area contributed by atoms with Crippen LogP contribution < -0.4 is 5.32 Å². The van der Waals surface area contributed by atoms with E-state index in [0.717, 1.165) is 21.5 Å². The van der Waals surface area contributed by atoms with Gasteiger partial charge in [-0.25, -0.2) is 9.97 Å². The summed E-state index contributed by atoms with van der Waals surface area (Å²) >= 11 is 9.77. The third-order valence-corrected chi connectivity index (χ3v) is 4.75. The van der Waals surface area contributed by atoms with Crippen molar-refractivity contribution in [1.29, 1.82) is 0 Å². The number of benzene rings is 1. The zero-order valence-corrected chi connectivity index (χ0v) is 14.2. The fraction of sp³-hybridized carbons (Fsp3) is 0.375. The van der Waals surface area contributed by atoms with E-state index in [-0.39, 0.29) is 0 Å². The van der Waals surface area contributed by atoms with Gasteiger partial charge in [0, 0.05) is 34.8 Å². The second kappa shape index (κ2) is 6.32. The molecule has 0 radical (unpaired) electrons. The van der Waals surface area contributed by atoms with E-state index in [4.69, 9.17) is 16.6 Å². The highest BCUT2D eigenvalue weighted by molar-refractivity contribution is 9.10. The molecule has 3 nitrogen and oxygen atoms in total. The minimum Gasteiger partial charge on any atom is -0.373 e. The Kier molecular flexibility index (Phi) is 4.45. The van der Waals surface area contributed by atoms with Crippen LogP contribution in [0.2, 0.25) is 5.02 Å². The van der Waals surface area contributed by atoms with Crippen molar-refractivity contribution in [3.05, 3.63) is 39.5 Å². The summed E-state index contributed by atoms with van der Waals surface area (Å²) in [6.07, 6.45) is 5.01. The van der Waals surface area contributed by atoms with E-state index in [2.05, 4.69) is 32.3 Å². The van der Waals surface area contributed by atoms with Gasteiger partial charge in [0.05, 0.1) is 5.02 Å². The van der Waals surface area contributed by atoms with E-state index in [9.17, 15) is 0 Å². The molecule has 1 aromatic carbocycles. The molecule has 0 spiro atoms. The number of aromatic nitrogens is 2. The average Bonchev–Trinajstić information content (AvgIpc) is 3.01. The third kappa shape index (κ3) is 3.22. The first kappa shape index (κ1) is 14.8. The van der Waals surface area contributed by atoms with Gasteiger partial charge in [-0.3, -0.25) is 0 Å². The lowest BCUT2D eigenvalue weighted by Crippen LogP contribution is -2.04. The Hall–Kier alpha value is -1.13. The summed E-state index contributed by atoms with van der Waals surface area (Å²) in [6.45, 7) is 0. The van der Waals surface area contributed by atoms with Crippen LogP contribution in [0.5, 0.6) is 0 Å². The Labute approximate surface area is 138 Å². The minimum atomic E-state index is 0.549. The van der Waals surface area contributed by atoms with Gasteiger partial charge in [-0.1, -0.05) is 40.4 Å². The van der Waals surface area contributed by atoms with E-state index < -0.39 is 0 Å². The van der Waals surface area contributed by atoms with Gasteiger partial charge < -0.3 is 5.32 Å². The molecule has 0 unspecified atom stereocenters. The predicted molar refractivity (Wildman–Crippen MR) is 90.9 cm³/mol. The minimum absolute atomic E-state index is 0.549. The lowest BCUT2D eigenvalue weighted by Gasteiger charge is -2.13. The second-order valence-corrected chi connectivity index (χ2v) is 6.68. The fourth-order valence-electron chi connectivity index (χ4n) is 2.82. The number of rotatable bonds is 3. The van der Waals surface area contributed by atoms with Gasteiger partial charge in [-0.05, 0) is 31.0 Å². The molecule has 1 saturated carbocycles. The zero-order valence-electron chi connectivity index (χ0n) is 11.9. The van der Waals surface area contributed by atoms with Gasteiger partial charge in [-0.2, -0.15) is 0 Å². The molecule has 3 rings (SSSR count). The highest BCUT2D eigenvalue weighted by Crippen LogP contribution is 2.35. The number of nitrogens with one attached hydrogen (secondary N) is 1. The lowest BCUT2D eigenvalue weighted by atomic mass is 10.0. The van der Waals surface area contributed by atoms with Crippen LogP contribution in [0.1, 0.15) is 37.3 Å². The predicted octanol–water partition coefficient (Wildman–Crippen LogP) is 5.26. The molecule has 21 heavy (non-hydrogen) atoms. The molecule has 0 aliphatic heterocycles. The number of hydrogen-bond acceptors (Lipinski definition) is 3. The monoisotopic (exact) mass is 365 g/mol. The average molecular weight is 367 g/mol. The van der Waals surface area contributed by atoms with Crippen molar-refractivity contribution in [3.8, 4) is 11.4 Å². The first-order chi connectivity index (χ1) is 10.2. The second-order valence-electron chi connectivity index (χ2n) is 5.36. The SMILES string of the molecule is CNc1cc(C2CCCC2)nc(-c2ccc(Br)cc2Cl)n1. The molecule has 0 amide bonds. The Balaban J connectivity index is 2.06. The standard InChI is InChI=1S/C16H17BrClN3/c1-19-15-9-14(10-4-2-3-5-10)20-16(21-15)12-7-6-11(17)8-13(12)18/h6-10H,2-5H2,1H3,(H,19,20,21). The van der Waals surface area contributed by atoms with Crippen LogP contribution in [0.4, 0.5) is 5.82 Å². The van der Waals surface area contributed by atoms with Gasteiger partial charge in [0.1, 0.15) is 5.82 Å². The highest BCUT2D eigenvalue weighted by atomic mass is 79.9. The Morgan fingerprint density at radius 1 is 1.19 bits per heavy atom. The maximum atomic E-state index is 6.34. The molecular formula is C16H17BrClN3. The third-order valence-electron chi connectivity index (χ3n) is 3.95. The molecule has 1 N–H and O–H groups in total. The normalized spacial score (nSPS) is 15.4. The molecule has 2 aromatic rings.